The molecule has 0 fully saturated rings. The lowest BCUT2D eigenvalue weighted by Gasteiger charge is -1.89. The van der Waals surface area contributed by atoms with Crippen LogP contribution >= 0.6 is 22.7 Å². The molecule has 0 aliphatic heterocycles. The second-order valence-electron chi connectivity index (χ2n) is 3.29. The normalized spacial score (nSPS) is 10.8. The highest BCUT2D eigenvalue weighted by Gasteiger charge is 2.10. The zero-order valence-corrected chi connectivity index (χ0v) is 9.73. The van der Waals surface area contributed by atoms with Gasteiger partial charge in [-0.3, -0.25) is 9.59 Å². The fraction of sp³-hybridized carbons (Fsp3) is 0.200. The first-order valence-corrected chi connectivity index (χ1v) is 6.12. The molecule has 4 nitrogen and oxygen atoms in total. The lowest BCUT2D eigenvalue weighted by molar-refractivity contribution is -0.137. The molecule has 0 aliphatic carbocycles. The second-order valence-corrected chi connectivity index (χ2v) is 5.63. The molecule has 0 spiro atoms. The van der Waals surface area contributed by atoms with Gasteiger partial charge in [-0.15, -0.1) is 22.7 Å². The Balaban J connectivity index is 2.25. The Morgan fingerprint density at radius 1 is 0.938 bits per heavy atom. The highest BCUT2D eigenvalue weighted by atomic mass is 32.1. The number of carboxylic acid groups (broad SMARTS) is 2. The van der Waals surface area contributed by atoms with Crippen molar-refractivity contribution in [3.8, 4) is 0 Å². The fourth-order valence-electron chi connectivity index (χ4n) is 1.41. The summed E-state index contributed by atoms with van der Waals surface area (Å²) in [5, 5.41) is 17.3. The van der Waals surface area contributed by atoms with Gasteiger partial charge in [0.1, 0.15) is 0 Å². The highest BCUT2D eigenvalue weighted by Crippen LogP contribution is 2.33. The summed E-state index contributed by atoms with van der Waals surface area (Å²) in [4.78, 5) is 22.6. The molecule has 0 aliphatic rings. The molecule has 2 N–H and O–H groups in total. The summed E-state index contributed by atoms with van der Waals surface area (Å²) < 4.78 is 1.94. The summed E-state index contributed by atoms with van der Waals surface area (Å²) in [6.45, 7) is 0. The number of carbonyl (C=O) groups is 2. The first-order valence-electron chi connectivity index (χ1n) is 4.49. The van der Waals surface area contributed by atoms with Crippen molar-refractivity contribution >= 4 is 44.0 Å². The van der Waals surface area contributed by atoms with Crippen LogP contribution in [0, 0.1) is 0 Å². The Hall–Kier alpha value is -1.40. The molecule has 6 heteroatoms. The molecule has 0 radical (unpaired) electrons. The van der Waals surface area contributed by atoms with E-state index < -0.39 is 11.9 Å². The van der Waals surface area contributed by atoms with Crippen molar-refractivity contribution < 1.29 is 19.8 Å². The third-order valence-electron chi connectivity index (χ3n) is 1.96. The average Bonchev–Trinajstić information content (AvgIpc) is 2.58. The smallest absolute Gasteiger partial charge is 0.308 e. The van der Waals surface area contributed by atoms with Crippen LogP contribution in [-0.4, -0.2) is 22.2 Å². The minimum atomic E-state index is -0.848. The van der Waals surface area contributed by atoms with Crippen LogP contribution in [0.4, 0.5) is 0 Å². The SMILES string of the molecule is O=C(O)Cc1cc2sc(CC(=O)O)cc2s1. The number of thiophene rings is 2. The van der Waals surface area contributed by atoms with E-state index in [9.17, 15) is 9.59 Å². The van der Waals surface area contributed by atoms with Crippen LogP contribution in [0.2, 0.25) is 0 Å². The van der Waals surface area contributed by atoms with Crippen LogP contribution in [0.25, 0.3) is 9.40 Å². The third kappa shape index (κ3) is 2.40. The van der Waals surface area contributed by atoms with Gasteiger partial charge in [0.15, 0.2) is 0 Å². The summed E-state index contributed by atoms with van der Waals surface area (Å²) in [6, 6.07) is 3.65. The van der Waals surface area contributed by atoms with Gasteiger partial charge in [0.05, 0.1) is 12.8 Å². The van der Waals surface area contributed by atoms with Gasteiger partial charge in [-0.1, -0.05) is 0 Å². The molecule has 0 atom stereocenters. The third-order valence-corrected chi connectivity index (χ3v) is 4.25. The summed E-state index contributed by atoms with van der Waals surface area (Å²) in [5.74, 6) is -1.70. The van der Waals surface area contributed by atoms with Crippen LogP contribution in [0.3, 0.4) is 0 Å². The van der Waals surface area contributed by atoms with Crippen molar-refractivity contribution in [2.75, 3.05) is 0 Å². The molecule has 0 bridgehead atoms. The van der Waals surface area contributed by atoms with E-state index in [2.05, 4.69) is 0 Å². The fourth-order valence-corrected chi connectivity index (χ4v) is 3.84. The monoisotopic (exact) mass is 256 g/mol. The van der Waals surface area contributed by atoms with Crippen molar-refractivity contribution in [3.05, 3.63) is 21.9 Å². The molecule has 2 aromatic heterocycles. The molecular formula is C10H8O4S2. The van der Waals surface area contributed by atoms with E-state index in [-0.39, 0.29) is 12.8 Å². The molecular weight excluding hydrogens is 248 g/mol. The maximum absolute atomic E-state index is 10.5. The van der Waals surface area contributed by atoms with E-state index in [1.54, 1.807) is 0 Å². The van der Waals surface area contributed by atoms with Gasteiger partial charge in [0, 0.05) is 19.2 Å². The maximum atomic E-state index is 10.5. The quantitative estimate of drug-likeness (QED) is 0.879. The minimum Gasteiger partial charge on any atom is -0.481 e. The van der Waals surface area contributed by atoms with Gasteiger partial charge in [0.25, 0.3) is 0 Å². The van der Waals surface area contributed by atoms with Gasteiger partial charge < -0.3 is 10.2 Å². The van der Waals surface area contributed by atoms with Crippen LogP contribution in [0.1, 0.15) is 9.75 Å². The predicted molar refractivity (Wildman–Crippen MR) is 62.4 cm³/mol. The predicted octanol–water partition coefficient (Wildman–Crippen LogP) is 2.22. The van der Waals surface area contributed by atoms with Gasteiger partial charge in [-0.2, -0.15) is 0 Å². The number of aliphatic carboxylic acids is 2. The maximum Gasteiger partial charge on any atom is 0.308 e. The summed E-state index contributed by atoms with van der Waals surface area (Å²) in [5.41, 5.74) is 0. The average molecular weight is 256 g/mol. The van der Waals surface area contributed by atoms with Crippen LogP contribution in [0.5, 0.6) is 0 Å². The van der Waals surface area contributed by atoms with E-state index >= 15 is 0 Å². The zero-order chi connectivity index (χ0) is 11.7. The molecule has 2 rings (SSSR count). The summed E-state index contributed by atoms with van der Waals surface area (Å²) >= 11 is 2.82. The molecule has 0 saturated heterocycles. The molecule has 0 aromatic carbocycles. The number of hydrogen-bond donors (Lipinski definition) is 2. The lowest BCUT2D eigenvalue weighted by atomic mass is 10.3. The molecule has 2 aromatic rings. The van der Waals surface area contributed by atoms with E-state index in [0.29, 0.717) is 0 Å². The van der Waals surface area contributed by atoms with Crippen molar-refractivity contribution in [1.29, 1.82) is 0 Å². The Bertz CT molecular complexity index is 475. The topological polar surface area (TPSA) is 74.6 Å². The van der Waals surface area contributed by atoms with Crippen molar-refractivity contribution in [2.45, 2.75) is 12.8 Å². The molecule has 0 unspecified atom stereocenters. The summed E-state index contributed by atoms with van der Waals surface area (Å²) in [7, 11) is 0. The lowest BCUT2D eigenvalue weighted by Crippen LogP contribution is -1.97. The molecule has 84 valence electrons. The largest absolute Gasteiger partial charge is 0.481 e. The van der Waals surface area contributed by atoms with E-state index in [0.717, 1.165) is 19.2 Å². The molecule has 0 saturated carbocycles. The number of hydrogen-bond acceptors (Lipinski definition) is 4. The highest BCUT2D eigenvalue weighted by molar-refractivity contribution is 7.27. The Morgan fingerprint density at radius 3 is 1.62 bits per heavy atom. The summed E-state index contributed by atoms with van der Waals surface area (Å²) in [6.07, 6.45) is 0.0562. The Morgan fingerprint density at radius 2 is 1.31 bits per heavy atom. The standard InChI is InChI=1S/C10H8O4S2/c11-9(12)3-5-1-7-8(15-5)2-6(16-7)4-10(13)14/h1-2H,3-4H2,(H,11,12)(H,13,14). The first-order chi connectivity index (χ1) is 7.54. The van der Waals surface area contributed by atoms with E-state index in [1.165, 1.54) is 22.7 Å². The van der Waals surface area contributed by atoms with Crippen molar-refractivity contribution in [2.24, 2.45) is 0 Å². The Kier molecular flexibility index (Phi) is 2.93. The van der Waals surface area contributed by atoms with Gasteiger partial charge >= 0.3 is 11.9 Å². The minimum absolute atomic E-state index is 0.0281. The molecule has 2 heterocycles. The number of fused-ring (bicyclic) bond motifs is 1. The van der Waals surface area contributed by atoms with E-state index in [1.807, 2.05) is 12.1 Å². The molecule has 16 heavy (non-hydrogen) atoms. The van der Waals surface area contributed by atoms with Crippen molar-refractivity contribution in [3.63, 3.8) is 0 Å². The van der Waals surface area contributed by atoms with Gasteiger partial charge in [0.2, 0.25) is 0 Å². The first kappa shape index (κ1) is 11.1. The Labute approximate surface area is 98.8 Å². The second kappa shape index (κ2) is 4.23. The van der Waals surface area contributed by atoms with Crippen LogP contribution < -0.4 is 0 Å². The van der Waals surface area contributed by atoms with Gasteiger partial charge in [-0.25, -0.2) is 0 Å². The zero-order valence-electron chi connectivity index (χ0n) is 8.10. The number of rotatable bonds is 4. The van der Waals surface area contributed by atoms with E-state index in [4.69, 9.17) is 10.2 Å². The van der Waals surface area contributed by atoms with Crippen LogP contribution in [0.15, 0.2) is 12.1 Å². The van der Waals surface area contributed by atoms with Crippen LogP contribution in [-0.2, 0) is 22.4 Å². The van der Waals surface area contributed by atoms with Gasteiger partial charge in [-0.05, 0) is 12.1 Å². The van der Waals surface area contributed by atoms with Crippen molar-refractivity contribution in [1.82, 2.24) is 0 Å². The molecule has 0 amide bonds. The number of carboxylic acids is 2.